The number of nitrogens with one attached hydrogen (secondary N) is 2. The van der Waals surface area contributed by atoms with Crippen LogP contribution in [0, 0.1) is 0 Å². The minimum atomic E-state index is -1.28. The molecule has 38 heavy (non-hydrogen) atoms. The Morgan fingerprint density at radius 2 is 1.79 bits per heavy atom. The number of benzene rings is 2. The van der Waals surface area contributed by atoms with Crippen LogP contribution in [0.25, 0.3) is 11.0 Å². The number of hydrogen-bond acceptors (Lipinski definition) is 8. The average Bonchev–Trinajstić information content (AvgIpc) is 3.14. The molecule has 0 bridgehead atoms. The molecule has 0 aliphatic carbocycles. The Balaban J connectivity index is 1.40. The molecule has 0 radical (unpaired) electrons. The Morgan fingerprint density at radius 1 is 1.08 bits per heavy atom. The highest BCUT2D eigenvalue weighted by Gasteiger charge is 2.64. The van der Waals surface area contributed by atoms with Gasteiger partial charge in [0.1, 0.15) is 29.1 Å². The molecule has 12 heteroatoms. The number of β-lactam (4-membered cyclic amide) rings is 1. The van der Waals surface area contributed by atoms with E-state index in [-0.39, 0.29) is 16.9 Å². The third-order valence-electron chi connectivity index (χ3n) is 6.63. The van der Waals surface area contributed by atoms with Gasteiger partial charge in [-0.15, -0.1) is 11.8 Å². The van der Waals surface area contributed by atoms with Crippen LogP contribution < -0.4 is 16.3 Å². The molecule has 2 saturated heterocycles. The number of carbonyl (C=O) groups excluding carboxylic acids is 3. The number of phenolic OH excluding ortho intramolecular Hbond substituents is 1. The summed E-state index contributed by atoms with van der Waals surface area (Å²) < 4.78 is 4.36. The maximum absolute atomic E-state index is 13.4. The molecule has 4 N–H and O–H groups in total. The van der Waals surface area contributed by atoms with E-state index in [9.17, 15) is 34.2 Å². The van der Waals surface area contributed by atoms with Crippen molar-refractivity contribution in [2.75, 3.05) is 0 Å². The van der Waals surface area contributed by atoms with Crippen molar-refractivity contribution in [3.63, 3.8) is 0 Å². The van der Waals surface area contributed by atoms with Crippen molar-refractivity contribution < 1.29 is 33.8 Å². The molecule has 3 aromatic rings. The van der Waals surface area contributed by atoms with Gasteiger partial charge in [0.2, 0.25) is 11.8 Å². The zero-order valence-electron chi connectivity index (χ0n) is 20.2. The summed E-state index contributed by atoms with van der Waals surface area (Å²) in [5.41, 5.74) is -1.05. The number of hydrogen-bond donors (Lipinski definition) is 4. The second-order valence-electron chi connectivity index (χ2n) is 9.54. The number of carboxylic acids is 1. The number of thioether (sulfide) groups is 1. The van der Waals surface area contributed by atoms with Crippen LogP contribution in [-0.2, 0) is 14.4 Å². The summed E-state index contributed by atoms with van der Waals surface area (Å²) in [7, 11) is 0. The van der Waals surface area contributed by atoms with Gasteiger partial charge in [0, 0.05) is 10.1 Å². The van der Waals surface area contributed by atoms with E-state index in [0.717, 1.165) is 0 Å². The minimum Gasteiger partial charge on any atom is -0.504 e. The largest absolute Gasteiger partial charge is 0.504 e. The molecule has 1 aromatic heterocycles. The van der Waals surface area contributed by atoms with Crippen LogP contribution in [0.4, 0.5) is 0 Å². The van der Waals surface area contributed by atoms with Crippen LogP contribution in [-0.4, -0.2) is 61.0 Å². The molecule has 2 aromatic carbocycles. The predicted octanol–water partition coefficient (Wildman–Crippen LogP) is 1.60. The predicted molar refractivity (Wildman–Crippen MR) is 136 cm³/mol. The van der Waals surface area contributed by atoms with Gasteiger partial charge in [0.25, 0.3) is 5.91 Å². The maximum Gasteiger partial charge on any atom is 0.349 e. The highest BCUT2D eigenvalue weighted by molar-refractivity contribution is 8.01. The third-order valence-corrected chi connectivity index (χ3v) is 8.20. The summed E-state index contributed by atoms with van der Waals surface area (Å²) in [6.07, 6.45) is 0. The van der Waals surface area contributed by atoms with Gasteiger partial charge in [-0.3, -0.25) is 14.4 Å². The number of carbonyl (C=O) groups is 4. The fourth-order valence-corrected chi connectivity index (χ4v) is 6.45. The lowest BCUT2D eigenvalue weighted by atomic mass is 9.95. The second-order valence-corrected chi connectivity index (χ2v) is 11.3. The van der Waals surface area contributed by atoms with Gasteiger partial charge in [-0.2, -0.15) is 0 Å². The lowest BCUT2D eigenvalue weighted by molar-refractivity contribution is -0.161. The van der Waals surface area contributed by atoms with Crippen molar-refractivity contribution in [2.45, 2.75) is 42.1 Å². The molecule has 4 atom stereocenters. The number of fused-ring (bicyclic) bond motifs is 2. The Morgan fingerprint density at radius 3 is 2.47 bits per heavy atom. The van der Waals surface area contributed by atoms with Gasteiger partial charge in [-0.25, -0.2) is 9.59 Å². The average molecular weight is 538 g/mol. The van der Waals surface area contributed by atoms with Gasteiger partial charge >= 0.3 is 11.6 Å². The van der Waals surface area contributed by atoms with Crippen LogP contribution >= 0.6 is 11.8 Å². The highest BCUT2D eigenvalue weighted by Crippen LogP contribution is 2.50. The number of para-hydroxylation sites is 1. The fraction of sp³-hybridized carbons (Fsp3) is 0.269. The third kappa shape index (κ3) is 4.16. The zero-order chi connectivity index (χ0) is 27.4. The van der Waals surface area contributed by atoms with Crippen molar-refractivity contribution in [3.8, 4) is 5.75 Å². The molecule has 2 fully saturated rings. The zero-order valence-corrected chi connectivity index (χ0v) is 21.0. The normalized spacial score (nSPS) is 22.3. The van der Waals surface area contributed by atoms with Crippen molar-refractivity contribution in [3.05, 3.63) is 76.1 Å². The molecule has 5 rings (SSSR count). The lowest BCUT2D eigenvalue weighted by Gasteiger charge is -2.44. The number of nitrogens with zero attached hydrogens (tertiary/aromatic N) is 1. The quantitative estimate of drug-likeness (QED) is 0.270. The number of amides is 3. The van der Waals surface area contributed by atoms with E-state index in [1.54, 1.807) is 50.2 Å². The molecule has 0 saturated carbocycles. The number of phenols is 1. The molecule has 2 aliphatic rings. The summed E-state index contributed by atoms with van der Waals surface area (Å²) in [6.45, 7) is 3.45. The van der Waals surface area contributed by atoms with Crippen LogP contribution in [0.15, 0.2) is 63.8 Å². The van der Waals surface area contributed by atoms with Crippen LogP contribution in [0.3, 0.4) is 0 Å². The van der Waals surface area contributed by atoms with Gasteiger partial charge in [-0.1, -0.05) is 42.5 Å². The smallest absolute Gasteiger partial charge is 0.349 e. The molecule has 196 valence electrons. The number of aliphatic carboxylic acids is 1. The number of aromatic hydroxyl groups is 1. The monoisotopic (exact) mass is 537 g/mol. The second kappa shape index (κ2) is 9.21. The van der Waals surface area contributed by atoms with E-state index in [0.29, 0.717) is 10.9 Å². The molecule has 3 amide bonds. The van der Waals surface area contributed by atoms with E-state index in [4.69, 9.17) is 4.42 Å². The fourth-order valence-electron chi connectivity index (χ4n) is 4.82. The van der Waals surface area contributed by atoms with Gasteiger partial charge in [0.05, 0.1) is 0 Å². The topological polar surface area (TPSA) is 166 Å². The summed E-state index contributed by atoms with van der Waals surface area (Å²) in [6, 6.07) is 10.6. The summed E-state index contributed by atoms with van der Waals surface area (Å²) >= 11 is 1.28. The summed E-state index contributed by atoms with van der Waals surface area (Å²) in [5, 5.41) is 24.5. The van der Waals surface area contributed by atoms with E-state index in [1.165, 1.54) is 34.9 Å². The molecule has 2 aliphatic heterocycles. The Hall–Kier alpha value is -4.32. The van der Waals surface area contributed by atoms with E-state index < -0.39 is 57.6 Å². The van der Waals surface area contributed by atoms with Gasteiger partial charge < -0.3 is 30.2 Å². The summed E-state index contributed by atoms with van der Waals surface area (Å²) in [5.74, 6) is -3.51. The first-order valence-electron chi connectivity index (χ1n) is 11.6. The number of rotatable bonds is 6. The van der Waals surface area contributed by atoms with Crippen molar-refractivity contribution in [2.24, 2.45) is 0 Å². The molecular formula is C26H23N3O8S. The first kappa shape index (κ1) is 25.3. The molecule has 3 heterocycles. The lowest BCUT2D eigenvalue weighted by Crippen LogP contribution is -2.71. The van der Waals surface area contributed by atoms with E-state index in [1.807, 2.05) is 0 Å². The SMILES string of the molecule is CC1(C)S[C@@H]2[C@H](NC(=O)[C@@H](NC(=O)c3cc4cccc(O)c4oc3=O)c3ccccc3)C(=O)N2[C@H]1C(=O)O. The van der Waals surface area contributed by atoms with Gasteiger partial charge in [0.15, 0.2) is 11.3 Å². The molecule has 0 unspecified atom stereocenters. The van der Waals surface area contributed by atoms with Crippen LogP contribution in [0.1, 0.15) is 35.8 Å². The van der Waals surface area contributed by atoms with Crippen molar-refractivity contribution in [1.82, 2.24) is 15.5 Å². The van der Waals surface area contributed by atoms with Crippen LogP contribution in [0.2, 0.25) is 0 Å². The van der Waals surface area contributed by atoms with Crippen molar-refractivity contribution >= 4 is 46.4 Å². The standard InChI is InChI=1S/C26H23N3O8S/c1-26(2)19(24(34)35)29-22(33)17(23(29)38-26)28-21(32)16(12-7-4-3-5-8-12)27-20(31)14-11-13-9-6-10-15(30)18(13)37-25(14)36/h3-11,16-17,19,23,30H,1-2H3,(H,27,31)(H,28,32)(H,34,35)/t16-,17+,19-,23+/m0/s1. The highest BCUT2D eigenvalue weighted by atomic mass is 32.2. The first-order valence-corrected chi connectivity index (χ1v) is 12.5. The Labute approximate surface area is 219 Å². The van der Waals surface area contributed by atoms with Crippen molar-refractivity contribution in [1.29, 1.82) is 0 Å². The molecular weight excluding hydrogens is 514 g/mol. The Bertz CT molecular complexity index is 1540. The molecule has 11 nitrogen and oxygen atoms in total. The van der Waals surface area contributed by atoms with E-state index in [2.05, 4.69) is 10.6 Å². The van der Waals surface area contributed by atoms with Crippen LogP contribution in [0.5, 0.6) is 5.75 Å². The maximum atomic E-state index is 13.4. The Kier molecular flexibility index (Phi) is 6.14. The molecule has 0 spiro atoms. The first-order chi connectivity index (χ1) is 18.0. The van der Waals surface area contributed by atoms with Gasteiger partial charge in [-0.05, 0) is 31.5 Å². The summed E-state index contributed by atoms with van der Waals surface area (Å²) in [4.78, 5) is 65.0. The van der Waals surface area contributed by atoms with E-state index >= 15 is 0 Å². The minimum absolute atomic E-state index is 0.0731. The number of carboxylic acid groups (broad SMARTS) is 1.